The van der Waals surface area contributed by atoms with Crippen molar-refractivity contribution in [3.8, 4) is 17.2 Å². The van der Waals surface area contributed by atoms with Gasteiger partial charge in [-0.25, -0.2) is 0 Å². The van der Waals surface area contributed by atoms with E-state index < -0.39 is 0 Å². The van der Waals surface area contributed by atoms with E-state index in [0.717, 1.165) is 24.1 Å². The molecule has 0 saturated heterocycles. The van der Waals surface area contributed by atoms with Crippen molar-refractivity contribution in [2.24, 2.45) is 0 Å². The van der Waals surface area contributed by atoms with Crippen LogP contribution in [0.15, 0.2) is 83.3 Å². The number of hydrogen-bond donors (Lipinski definition) is 2. The number of aryl methyl sites for hydroxylation is 1. The Kier molecular flexibility index (Phi) is 7.12. The standard InChI is InChI=1S/C26H26N4O3/c1-18-29-30-26(32-18)21-11-6-12-22(16-21)28-25(31)20-10-7-13-23(17-20)33-24(14-15-27-2)19-8-4-3-5-9-19/h3-13,16-17,24,27H,14-15H2,1-2H3,(H,28,31). The van der Waals surface area contributed by atoms with Crippen LogP contribution in [-0.4, -0.2) is 29.7 Å². The topological polar surface area (TPSA) is 89.3 Å². The van der Waals surface area contributed by atoms with Gasteiger partial charge in [-0.05, 0) is 55.6 Å². The van der Waals surface area contributed by atoms with Gasteiger partial charge in [0, 0.05) is 30.2 Å². The normalized spacial score (nSPS) is 11.7. The number of hydrogen-bond acceptors (Lipinski definition) is 6. The molecule has 33 heavy (non-hydrogen) atoms. The molecule has 7 heteroatoms. The summed E-state index contributed by atoms with van der Waals surface area (Å²) in [5.41, 5.74) is 2.97. The molecule has 0 fully saturated rings. The molecule has 0 aliphatic carbocycles. The third kappa shape index (κ3) is 5.84. The van der Waals surface area contributed by atoms with Crippen molar-refractivity contribution >= 4 is 11.6 Å². The molecule has 0 bridgehead atoms. The van der Waals surface area contributed by atoms with E-state index in [0.29, 0.717) is 28.8 Å². The number of nitrogens with one attached hydrogen (secondary N) is 2. The van der Waals surface area contributed by atoms with Crippen molar-refractivity contribution < 1.29 is 13.9 Å². The summed E-state index contributed by atoms with van der Waals surface area (Å²) in [4.78, 5) is 12.9. The smallest absolute Gasteiger partial charge is 0.255 e. The van der Waals surface area contributed by atoms with E-state index in [4.69, 9.17) is 9.15 Å². The first-order valence-electron chi connectivity index (χ1n) is 10.8. The Bertz CT molecular complexity index is 1210. The molecule has 2 N–H and O–H groups in total. The maximum Gasteiger partial charge on any atom is 0.255 e. The average molecular weight is 443 g/mol. The maximum atomic E-state index is 12.9. The average Bonchev–Trinajstić information content (AvgIpc) is 3.29. The van der Waals surface area contributed by atoms with Crippen LogP contribution in [0.25, 0.3) is 11.5 Å². The summed E-state index contributed by atoms with van der Waals surface area (Å²) >= 11 is 0. The number of rotatable bonds is 9. The summed E-state index contributed by atoms with van der Waals surface area (Å²) in [5.74, 6) is 1.31. The first kappa shape index (κ1) is 22.2. The molecule has 1 atom stereocenters. The number of benzene rings is 3. The second-order valence-corrected chi connectivity index (χ2v) is 7.60. The zero-order valence-electron chi connectivity index (χ0n) is 18.6. The molecule has 3 aromatic carbocycles. The molecule has 0 radical (unpaired) electrons. The molecule has 1 amide bonds. The molecule has 7 nitrogen and oxygen atoms in total. The van der Waals surface area contributed by atoms with Crippen molar-refractivity contribution in [1.82, 2.24) is 15.5 Å². The van der Waals surface area contributed by atoms with E-state index in [9.17, 15) is 4.79 Å². The van der Waals surface area contributed by atoms with E-state index in [-0.39, 0.29) is 12.0 Å². The van der Waals surface area contributed by atoms with E-state index in [1.165, 1.54) is 0 Å². The van der Waals surface area contributed by atoms with E-state index in [1.54, 1.807) is 25.1 Å². The predicted octanol–water partition coefficient (Wildman–Crippen LogP) is 5.03. The Morgan fingerprint density at radius 3 is 2.58 bits per heavy atom. The molecular weight excluding hydrogens is 416 g/mol. The largest absolute Gasteiger partial charge is 0.486 e. The second-order valence-electron chi connectivity index (χ2n) is 7.60. The van der Waals surface area contributed by atoms with Crippen LogP contribution in [0.4, 0.5) is 5.69 Å². The molecule has 168 valence electrons. The second kappa shape index (κ2) is 10.6. The van der Waals surface area contributed by atoms with Crippen LogP contribution < -0.4 is 15.4 Å². The molecule has 0 aliphatic rings. The fourth-order valence-electron chi connectivity index (χ4n) is 3.46. The van der Waals surface area contributed by atoms with Crippen LogP contribution in [-0.2, 0) is 0 Å². The van der Waals surface area contributed by atoms with E-state index in [2.05, 4.69) is 33.0 Å². The van der Waals surface area contributed by atoms with Crippen molar-refractivity contribution in [3.63, 3.8) is 0 Å². The Morgan fingerprint density at radius 2 is 1.82 bits per heavy atom. The molecule has 1 heterocycles. The summed E-state index contributed by atoms with van der Waals surface area (Å²) in [5, 5.41) is 14.0. The third-order valence-corrected chi connectivity index (χ3v) is 5.10. The van der Waals surface area contributed by atoms with Crippen LogP contribution in [0.5, 0.6) is 5.75 Å². The van der Waals surface area contributed by atoms with E-state index in [1.807, 2.05) is 55.6 Å². The molecule has 4 rings (SSSR count). The van der Waals surface area contributed by atoms with Gasteiger partial charge in [-0.1, -0.05) is 42.5 Å². The Hall–Kier alpha value is -3.97. The summed E-state index contributed by atoms with van der Waals surface area (Å²) < 4.78 is 11.8. The molecular formula is C26H26N4O3. The first-order valence-corrected chi connectivity index (χ1v) is 10.8. The lowest BCUT2D eigenvalue weighted by Gasteiger charge is -2.20. The molecule has 4 aromatic rings. The van der Waals surface area contributed by atoms with Gasteiger partial charge in [-0.2, -0.15) is 0 Å². The molecule has 0 aliphatic heterocycles. The number of carbonyl (C=O) groups is 1. The van der Waals surface area contributed by atoms with Gasteiger partial charge in [0.2, 0.25) is 11.8 Å². The summed E-state index contributed by atoms with van der Waals surface area (Å²) in [7, 11) is 1.92. The summed E-state index contributed by atoms with van der Waals surface area (Å²) in [6.45, 7) is 2.55. The van der Waals surface area contributed by atoms with Gasteiger partial charge < -0.3 is 19.8 Å². The third-order valence-electron chi connectivity index (χ3n) is 5.10. The Morgan fingerprint density at radius 1 is 1.00 bits per heavy atom. The number of anilines is 1. The van der Waals surface area contributed by atoms with Crippen molar-refractivity contribution in [1.29, 1.82) is 0 Å². The number of ether oxygens (including phenoxy) is 1. The van der Waals surface area contributed by atoms with Crippen molar-refractivity contribution in [2.75, 3.05) is 18.9 Å². The highest BCUT2D eigenvalue weighted by atomic mass is 16.5. The van der Waals surface area contributed by atoms with Gasteiger partial charge in [0.15, 0.2) is 0 Å². The van der Waals surface area contributed by atoms with Crippen LogP contribution >= 0.6 is 0 Å². The molecule has 1 unspecified atom stereocenters. The van der Waals surface area contributed by atoms with Crippen LogP contribution in [0, 0.1) is 6.92 Å². The first-order chi connectivity index (χ1) is 16.1. The lowest BCUT2D eigenvalue weighted by Crippen LogP contribution is -2.16. The predicted molar refractivity (Wildman–Crippen MR) is 127 cm³/mol. The lowest BCUT2D eigenvalue weighted by molar-refractivity contribution is 0.102. The number of aromatic nitrogens is 2. The van der Waals surface area contributed by atoms with Crippen LogP contribution in [0.3, 0.4) is 0 Å². The van der Waals surface area contributed by atoms with Gasteiger partial charge in [0.25, 0.3) is 5.91 Å². The Balaban J connectivity index is 1.48. The number of carbonyl (C=O) groups excluding carboxylic acids is 1. The molecule has 1 aromatic heterocycles. The van der Waals surface area contributed by atoms with Crippen molar-refractivity contribution in [2.45, 2.75) is 19.4 Å². The quantitative estimate of drug-likeness (QED) is 0.378. The highest BCUT2D eigenvalue weighted by molar-refractivity contribution is 6.04. The molecule has 0 spiro atoms. The fourth-order valence-corrected chi connectivity index (χ4v) is 3.46. The SMILES string of the molecule is CNCCC(Oc1cccc(C(=O)Nc2cccc(-c3nnc(C)o3)c2)c1)c1ccccc1. The fraction of sp³-hybridized carbons (Fsp3) is 0.192. The molecule has 0 saturated carbocycles. The summed E-state index contributed by atoms with van der Waals surface area (Å²) in [6, 6.07) is 24.6. The minimum absolute atomic E-state index is 0.119. The minimum atomic E-state index is -0.231. The zero-order valence-corrected chi connectivity index (χ0v) is 18.6. The monoisotopic (exact) mass is 442 g/mol. The van der Waals surface area contributed by atoms with Crippen LogP contribution in [0.1, 0.15) is 34.3 Å². The lowest BCUT2D eigenvalue weighted by atomic mass is 10.1. The minimum Gasteiger partial charge on any atom is -0.486 e. The number of amides is 1. The van der Waals surface area contributed by atoms with E-state index >= 15 is 0 Å². The Labute approximate surface area is 192 Å². The van der Waals surface area contributed by atoms with Gasteiger partial charge in [-0.3, -0.25) is 4.79 Å². The van der Waals surface area contributed by atoms with Gasteiger partial charge in [0.05, 0.1) is 0 Å². The summed E-state index contributed by atoms with van der Waals surface area (Å²) in [6.07, 6.45) is 0.685. The maximum absolute atomic E-state index is 12.9. The van der Waals surface area contributed by atoms with Crippen LogP contribution in [0.2, 0.25) is 0 Å². The van der Waals surface area contributed by atoms with Crippen molar-refractivity contribution in [3.05, 3.63) is 95.9 Å². The zero-order chi connectivity index (χ0) is 23.0. The van der Waals surface area contributed by atoms with Gasteiger partial charge in [-0.15, -0.1) is 10.2 Å². The van der Waals surface area contributed by atoms with Gasteiger partial charge in [0.1, 0.15) is 11.9 Å². The number of nitrogens with zero attached hydrogens (tertiary/aromatic N) is 2. The highest BCUT2D eigenvalue weighted by Crippen LogP contribution is 2.26. The highest BCUT2D eigenvalue weighted by Gasteiger charge is 2.15. The van der Waals surface area contributed by atoms with Gasteiger partial charge >= 0.3 is 0 Å².